The molecule has 8 heteroatoms. The highest BCUT2D eigenvalue weighted by molar-refractivity contribution is 5.28. The number of rotatable bonds is 4. The minimum absolute atomic E-state index is 0.202. The number of nitrogens with zero attached hydrogens (tertiary/aromatic N) is 5. The Hall–Kier alpha value is -3.29. The molecule has 126 valence electrons. The van der Waals surface area contributed by atoms with Crippen LogP contribution in [0.4, 0.5) is 0 Å². The molecule has 0 bridgehead atoms. The first-order chi connectivity index (χ1) is 12.1. The first-order valence-electron chi connectivity index (χ1n) is 7.89. The van der Waals surface area contributed by atoms with E-state index in [0.29, 0.717) is 41.9 Å². The van der Waals surface area contributed by atoms with Gasteiger partial charge in [0, 0.05) is 18.2 Å². The van der Waals surface area contributed by atoms with Crippen molar-refractivity contribution >= 4 is 5.78 Å². The fourth-order valence-electron chi connectivity index (χ4n) is 2.58. The van der Waals surface area contributed by atoms with Crippen LogP contribution in [0.5, 0.6) is 0 Å². The van der Waals surface area contributed by atoms with Crippen molar-refractivity contribution in [2.75, 3.05) is 0 Å². The molecular weight excluding hydrogens is 320 g/mol. The number of H-pyrrole nitrogens is 1. The number of aromatic amines is 1. The van der Waals surface area contributed by atoms with Crippen LogP contribution in [-0.4, -0.2) is 29.7 Å². The summed E-state index contributed by atoms with van der Waals surface area (Å²) in [5, 5.41) is 6.91. The van der Waals surface area contributed by atoms with Gasteiger partial charge in [-0.2, -0.15) is 14.5 Å². The summed E-state index contributed by atoms with van der Waals surface area (Å²) >= 11 is 0. The van der Waals surface area contributed by atoms with E-state index in [1.165, 1.54) is 16.1 Å². The molecule has 0 aliphatic carbocycles. The smallest absolute Gasteiger partial charge is 0.274 e. The molecule has 4 aromatic rings. The fraction of sp³-hybridized carbons (Fsp3) is 0.235. The molecule has 0 saturated heterocycles. The van der Waals surface area contributed by atoms with E-state index in [4.69, 9.17) is 4.52 Å². The van der Waals surface area contributed by atoms with Crippen LogP contribution in [0, 0.1) is 13.8 Å². The normalized spacial score (nSPS) is 11.3. The van der Waals surface area contributed by atoms with Crippen molar-refractivity contribution in [1.82, 2.24) is 29.7 Å². The molecule has 0 amide bonds. The summed E-state index contributed by atoms with van der Waals surface area (Å²) in [5.41, 5.74) is 2.75. The zero-order valence-corrected chi connectivity index (χ0v) is 13.9. The highest BCUT2D eigenvalue weighted by atomic mass is 16.5. The number of hydrogen-bond acceptors (Lipinski definition) is 6. The molecule has 0 fully saturated rings. The molecule has 3 heterocycles. The van der Waals surface area contributed by atoms with Gasteiger partial charge in [0.25, 0.3) is 11.3 Å². The van der Waals surface area contributed by atoms with E-state index in [1.54, 1.807) is 6.92 Å². The van der Waals surface area contributed by atoms with Crippen molar-refractivity contribution in [2.45, 2.75) is 26.7 Å². The lowest BCUT2D eigenvalue weighted by atomic mass is 10.1. The van der Waals surface area contributed by atoms with E-state index in [1.807, 2.05) is 19.1 Å². The minimum atomic E-state index is -0.202. The summed E-state index contributed by atoms with van der Waals surface area (Å²) in [4.78, 5) is 24.8. The van der Waals surface area contributed by atoms with Crippen molar-refractivity contribution in [2.24, 2.45) is 0 Å². The van der Waals surface area contributed by atoms with Crippen molar-refractivity contribution in [3.8, 4) is 0 Å². The van der Waals surface area contributed by atoms with Crippen LogP contribution in [0.15, 0.2) is 39.6 Å². The number of benzene rings is 1. The van der Waals surface area contributed by atoms with Crippen LogP contribution in [0.25, 0.3) is 5.78 Å². The number of fused-ring (bicyclic) bond motifs is 1. The Labute approximate surface area is 142 Å². The number of aryl methyl sites for hydroxylation is 2. The van der Waals surface area contributed by atoms with Gasteiger partial charge in [0.1, 0.15) is 5.82 Å². The Morgan fingerprint density at radius 2 is 1.88 bits per heavy atom. The van der Waals surface area contributed by atoms with E-state index < -0.39 is 0 Å². The second-order valence-corrected chi connectivity index (χ2v) is 5.98. The molecule has 1 aromatic carbocycles. The Morgan fingerprint density at radius 3 is 2.68 bits per heavy atom. The summed E-state index contributed by atoms with van der Waals surface area (Å²) in [6.07, 6.45) is 0.910. The van der Waals surface area contributed by atoms with Crippen LogP contribution in [0.3, 0.4) is 0 Å². The van der Waals surface area contributed by atoms with Crippen molar-refractivity contribution < 1.29 is 4.52 Å². The third-order valence-corrected chi connectivity index (χ3v) is 3.82. The molecule has 8 nitrogen and oxygen atoms in total. The summed E-state index contributed by atoms with van der Waals surface area (Å²) in [7, 11) is 0. The van der Waals surface area contributed by atoms with E-state index in [0.717, 1.165) is 5.56 Å². The lowest BCUT2D eigenvalue weighted by Gasteiger charge is -1.97. The third kappa shape index (κ3) is 3.18. The van der Waals surface area contributed by atoms with Gasteiger partial charge in [-0.3, -0.25) is 9.89 Å². The van der Waals surface area contributed by atoms with Gasteiger partial charge >= 0.3 is 0 Å². The standard InChI is InChI=1S/C17H16N6O2/c1-10-3-5-12(6-4-10)8-14-19-15(25-22-14)9-13-20-17-18-11(2)7-16(24)23(17)21-13/h3-7H,8-9H2,1-2H3,(H,18,20,21). The predicted molar refractivity (Wildman–Crippen MR) is 89.4 cm³/mol. The molecule has 0 spiro atoms. The molecule has 0 aliphatic rings. The van der Waals surface area contributed by atoms with Gasteiger partial charge in [0.2, 0.25) is 5.89 Å². The summed E-state index contributed by atoms with van der Waals surface area (Å²) in [6.45, 7) is 3.80. The third-order valence-electron chi connectivity index (χ3n) is 3.82. The molecule has 0 saturated carbocycles. The Kier molecular flexibility index (Phi) is 3.64. The van der Waals surface area contributed by atoms with Crippen molar-refractivity contribution in [3.05, 3.63) is 75.0 Å². The van der Waals surface area contributed by atoms with Gasteiger partial charge < -0.3 is 4.52 Å². The topological polar surface area (TPSA) is 102 Å². The average Bonchev–Trinajstić information content (AvgIpc) is 3.17. The maximum Gasteiger partial charge on any atom is 0.274 e. The molecule has 0 aliphatic heterocycles. The molecule has 3 aromatic heterocycles. The number of hydrogen-bond donors (Lipinski definition) is 1. The Morgan fingerprint density at radius 1 is 1.08 bits per heavy atom. The summed E-state index contributed by atoms with van der Waals surface area (Å²) in [6, 6.07) is 9.65. The predicted octanol–water partition coefficient (Wildman–Crippen LogP) is 1.60. The SMILES string of the molecule is Cc1ccc(Cc2noc(Cc3nc4nc(C)cc(=O)n4[nH]3)n2)cc1. The first kappa shape index (κ1) is 15.3. The van der Waals surface area contributed by atoms with Crippen molar-refractivity contribution in [1.29, 1.82) is 0 Å². The van der Waals surface area contributed by atoms with Gasteiger partial charge in [-0.15, -0.1) is 0 Å². The molecule has 4 rings (SSSR count). The van der Waals surface area contributed by atoms with E-state index >= 15 is 0 Å². The average molecular weight is 336 g/mol. The molecule has 0 radical (unpaired) electrons. The van der Waals surface area contributed by atoms with Gasteiger partial charge in [-0.05, 0) is 19.4 Å². The fourth-order valence-corrected chi connectivity index (χ4v) is 2.58. The van der Waals surface area contributed by atoms with Crippen LogP contribution in [-0.2, 0) is 12.8 Å². The van der Waals surface area contributed by atoms with Crippen LogP contribution >= 0.6 is 0 Å². The lowest BCUT2D eigenvalue weighted by Crippen LogP contribution is -2.14. The largest absolute Gasteiger partial charge is 0.339 e. The minimum Gasteiger partial charge on any atom is -0.339 e. The van der Waals surface area contributed by atoms with Gasteiger partial charge in [0.05, 0.1) is 6.42 Å². The second kappa shape index (κ2) is 5.97. The summed E-state index contributed by atoms with van der Waals surface area (Å²) in [5.74, 6) is 1.92. The molecule has 0 unspecified atom stereocenters. The van der Waals surface area contributed by atoms with Crippen molar-refractivity contribution in [3.63, 3.8) is 0 Å². The van der Waals surface area contributed by atoms with E-state index in [2.05, 4.69) is 37.3 Å². The lowest BCUT2D eigenvalue weighted by molar-refractivity contribution is 0.378. The zero-order chi connectivity index (χ0) is 17.4. The number of nitrogens with one attached hydrogen (secondary N) is 1. The highest BCUT2D eigenvalue weighted by Gasteiger charge is 2.12. The molecule has 0 atom stereocenters. The van der Waals surface area contributed by atoms with Gasteiger partial charge in [-0.25, -0.2) is 4.98 Å². The molecular formula is C17H16N6O2. The second-order valence-electron chi connectivity index (χ2n) is 5.98. The van der Waals surface area contributed by atoms with E-state index in [-0.39, 0.29) is 5.56 Å². The van der Waals surface area contributed by atoms with Crippen LogP contribution in [0.2, 0.25) is 0 Å². The summed E-state index contributed by atoms with van der Waals surface area (Å²) < 4.78 is 6.58. The molecule has 1 N–H and O–H groups in total. The Bertz CT molecular complexity index is 1090. The zero-order valence-electron chi connectivity index (χ0n) is 13.9. The molecule has 25 heavy (non-hydrogen) atoms. The maximum atomic E-state index is 11.9. The van der Waals surface area contributed by atoms with Gasteiger partial charge in [0.15, 0.2) is 5.82 Å². The van der Waals surface area contributed by atoms with E-state index in [9.17, 15) is 4.79 Å². The first-order valence-corrected chi connectivity index (χ1v) is 7.89. The van der Waals surface area contributed by atoms with Crippen LogP contribution < -0.4 is 5.56 Å². The monoisotopic (exact) mass is 336 g/mol. The van der Waals surface area contributed by atoms with Crippen LogP contribution in [0.1, 0.15) is 34.4 Å². The van der Waals surface area contributed by atoms with Gasteiger partial charge in [-0.1, -0.05) is 35.0 Å². The quantitative estimate of drug-likeness (QED) is 0.607. The number of aromatic nitrogens is 6. The highest BCUT2D eigenvalue weighted by Crippen LogP contribution is 2.10. The Balaban J connectivity index is 1.54. The maximum absolute atomic E-state index is 11.9.